The quantitative estimate of drug-likeness (QED) is 0.919. The number of nitrogens with one attached hydrogen (secondary N) is 1. The second-order valence-electron chi connectivity index (χ2n) is 6.16. The van der Waals surface area contributed by atoms with Gasteiger partial charge in [-0.3, -0.25) is 4.79 Å². The van der Waals surface area contributed by atoms with Gasteiger partial charge in [-0.25, -0.2) is 13.4 Å². The van der Waals surface area contributed by atoms with Crippen LogP contribution in [0.2, 0.25) is 0 Å². The highest BCUT2D eigenvalue weighted by atomic mass is 32.2. The molecule has 0 radical (unpaired) electrons. The summed E-state index contributed by atoms with van der Waals surface area (Å²) in [6.07, 6.45) is 2.94. The molecule has 1 atom stereocenters. The number of sulfone groups is 1. The summed E-state index contributed by atoms with van der Waals surface area (Å²) in [7, 11) is -2.86. The topological polar surface area (TPSA) is 81.1 Å². The van der Waals surface area contributed by atoms with Gasteiger partial charge in [0.1, 0.15) is 15.9 Å². The zero-order valence-electron chi connectivity index (χ0n) is 13.1. The van der Waals surface area contributed by atoms with Gasteiger partial charge in [-0.2, -0.15) is 0 Å². The van der Waals surface area contributed by atoms with Crippen molar-refractivity contribution in [2.45, 2.75) is 25.8 Å². The molecule has 2 aromatic rings. The molecule has 1 aliphatic rings. The number of hydrogen-bond acceptors (Lipinski definition) is 4. The minimum atomic E-state index is -2.86. The van der Waals surface area contributed by atoms with Crippen LogP contribution in [0, 0.1) is 5.92 Å². The highest BCUT2D eigenvalue weighted by molar-refractivity contribution is 7.91. The first-order valence-electron chi connectivity index (χ1n) is 7.86. The number of benzene rings is 1. The van der Waals surface area contributed by atoms with Gasteiger partial charge in [0.25, 0.3) is 0 Å². The van der Waals surface area contributed by atoms with E-state index in [-0.39, 0.29) is 29.4 Å². The lowest BCUT2D eigenvalue weighted by Gasteiger charge is -2.23. The van der Waals surface area contributed by atoms with Gasteiger partial charge in [0, 0.05) is 6.54 Å². The molecule has 0 saturated carbocycles. The normalized spacial score (nSPS) is 19.5. The fourth-order valence-corrected chi connectivity index (χ4v) is 4.54. The van der Waals surface area contributed by atoms with Crippen LogP contribution in [-0.2, 0) is 14.6 Å². The fraction of sp³-hybridized carbons (Fsp3) is 0.500. The van der Waals surface area contributed by atoms with E-state index in [0.29, 0.717) is 19.4 Å². The van der Waals surface area contributed by atoms with Crippen molar-refractivity contribution in [2.24, 2.45) is 5.92 Å². The van der Waals surface area contributed by atoms with Crippen molar-refractivity contribution >= 4 is 26.8 Å². The van der Waals surface area contributed by atoms with E-state index in [4.69, 9.17) is 0 Å². The first kappa shape index (κ1) is 16.0. The number of para-hydroxylation sites is 2. The summed E-state index contributed by atoms with van der Waals surface area (Å²) < 4.78 is 24.7. The van der Waals surface area contributed by atoms with Crippen LogP contribution < -0.4 is 5.32 Å². The van der Waals surface area contributed by atoms with Gasteiger partial charge in [0.15, 0.2) is 0 Å². The maximum absolute atomic E-state index is 12.4. The molecule has 0 spiro atoms. The molecule has 3 rings (SSSR count). The fourth-order valence-electron chi connectivity index (χ4n) is 2.95. The largest absolute Gasteiger partial charge is 0.354 e. The van der Waals surface area contributed by atoms with Crippen LogP contribution in [0.3, 0.4) is 0 Å². The molecule has 1 saturated heterocycles. The third-order valence-electron chi connectivity index (χ3n) is 4.52. The first-order chi connectivity index (χ1) is 11.0. The Labute approximate surface area is 135 Å². The second kappa shape index (κ2) is 6.31. The van der Waals surface area contributed by atoms with Crippen molar-refractivity contribution in [1.82, 2.24) is 14.9 Å². The molecular weight excluding hydrogens is 314 g/mol. The van der Waals surface area contributed by atoms with Gasteiger partial charge < -0.3 is 9.88 Å². The van der Waals surface area contributed by atoms with Crippen LogP contribution >= 0.6 is 0 Å². The molecule has 124 valence electrons. The molecular formula is C16H21N3O3S. The Morgan fingerprint density at radius 1 is 1.35 bits per heavy atom. The highest BCUT2D eigenvalue weighted by Crippen LogP contribution is 2.19. The van der Waals surface area contributed by atoms with E-state index in [1.165, 1.54) is 0 Å². The Balaban J connectivity index is 1.60. The number of carbonyl (C=O) groups is 1. The van der Waals surface area contributed by atoms with Crippen molar-refractivity contribution < 1.29 is 13.2 Å². The minimum Gasteiger partial charge on any atom is -0.354 e. The van der Waals surface area contributed by atoms with E-state index >= 15 is 0 Å². The summed E-state index contributed by atoms with van der Waals surface area (Å²) >= 11 is 0. The lowest BCUT2D eigenvalue weighted by atomic mass is 10.0. The molecule has 0 aliphatic carbocycles. The van der Waals surface area contributed by atoms with E-state index in [1.807, 2.05) is 35.8 Å². The van der Waals surface area contributed by atoms with E-state index < -0.39 is 9.84 Å². The van der Waals surface area contributed by atoms with E-state index in [0.717, 1.165) is 11.0 Å². The SMILES string of the molecule is CC(C(=O)NCC1CCS(=O)(=O)CC1)n1cnc2ccccc21. The Kier molecular flexibility index (Phi) is 4.39. The number of carbonyl (C=O) groups excluding carboxylic acids is 1. The standard InChI is InChI=1S/C16H21N3O3S/c1-12(19-11-18-14-4-2-3-5-15(14)19)16(20)17-10-13-6-8-23(21,22)9-7-13/h2-5,11-13H,6-10H2,1H3,(H,17,20). The van der Waals surface area contributed by atoms with Crippen LogP contribution in [0.1, 0.15) is 25.8 Å². The van der Waals surface area contributed by atoms with E-state index in [9.17, 15) is 13.2 Å². The minimum absolute atomic E-state index is 0.0680. The van der Waals surface area contributed by atoms with E-state index in [2.05, 4.69) is 10.3 Å². The molecule has 23 heavy (non-hydrogen) atoms. The summed E-state index contributed by atoms with van der Waals surface area (Å²) in [6.45, 7) is 2.38. The number of nitrogens with zero attached hydrogens (tertiary/aromatic N) is 2. The molecule has 0 bridgehead atoms. The van der Waals surface area contributed by atoms with Crippen LogP contribution in [0.4, 0.5) is 0 Å². The number of fused-ring (bicyclic) bond motifs is 1. The third-order valence-corrected chi connectivity index (χ3v) is 6.23. The van der Waals surface area contributed by atoms with Gasteiger partial charge in [0.05, 0.1) is 28.9 Å². The van der Waals surface area contributed by atoms with Crippen molar-refractivity contribution in [3.63, 3.8) is 0 Å². The summed E-state index contributed by atoms with van der Waals surface area (Å²) in [6, 6.07) is 7.35. The van der Waals surface area contributed by atoms with Crippen molar-refractivity contribution in [3.8, 4) is 0 Å². The van der Waals surface area contributed by atoms with E-state index in [1.54, 1.807) is 6.33 Å². The lowest BCUT2D eigenvalue weighted by Crippen LogP contribution is -2.37. The van der Waals surface area contributed by atoms with Crippen LogP contribution in [0.15, 0.2) is 30.6 Å². The van der Waals surface area contributed by atoms with Gasteiger partial charge in [-0.15, -0.1) is 0 Å². The molecule has 7 heteroatoms. The zero-order chi connectivity index (χ0) is 16.4. The molecule has 1 aromatic carbocycles. The molecule has 1 aliphatic heterocycles. The summed E-state index contributed by atoms with van der Waals surface area (Å²) in [4.78, 5) is 16.7. The first-order valence-corrected chi connectivity index (χ1v) is 9.68. The van der Waals surface area contributed by atoms with Gasteiger partial charge in [-0.05, 0) is 37.8 Å². The Morgan fingerprint density at radius 2 is 2.04 bits per heavy atom. The molecule has 1 fully saturated rings. The predicted molar refractivity (Wildman–Crippen MR) is 88.8 cm³/mol. The van der Waals surface area contributed by atoms with Crippen molar-refractivity contribution in [1.29, 1.82) is 0 Å². The Hall–Kier alpha value is -1.89. The zero-order valence-corrected chi connectivity index (χ0v) is 13.9. The summed E-state index contributed by atoms with van der Waals surface area (Å²) in [5, 5.41) is 2.95. The predicted octanol–water partition coefficient (Wildman–Crippen LogP) is 1.54. The maximum atomic E-state index is 12.4. The van der Waals surface area contributed by atoms with Gasteiger partial charge in [-0.1, -0.05) is 12.1 Å². The Bertz CT molecular complexity index is 799. The lowest BCUT2D eigenvalue weighted by molar-refractivity contribution is -0.124. The summed E-state index contributed by atoms with van der Waals surface area (Å²) in [5.41, 5.74) is 1.79. The average Bonchev–Trinajstić information content (AvgIpc) is 2.97. The number of imidazole rings is 1. The van der Waals surface area contributed by atoms with Crippen LogP contribution in [0.5, 0.6) is 0 Å². The molecule has 1 aromatic heterocycles. The second-order valence-corrected chi connectivity index (χ2v) is 8.46. The van der Waals surface area contributed by atoms with Crippen molar-refractivity contribution in [2.75, 3.05) is 18.1 Å². The third kappa shape index (κ3) is 3.55. The molecule has 1 amide bonds. The van der Waals surface area contributed by atoms with Gasteiger partial charge >= 0.3 is 0 Å². The maximum Gasteiger partial charge on any atom is 0.242 e. The summed E-state index contributed by atoms with van der Waals surface area (Å²) in [5.74, 6) is 0.639. The highest BCUT2D eigenvalue weighted by Gasteiger charge is 2.25. The number of hydrogen-bond donors (Lipinski definition) is 1. The molecule has 2 heterocycles. The number of aromatic nitrogens is 2. The average molecular weight is 335 g/mol. The van der Waals surface area contributed by atoms with Crippen LogP contribution in [0.25, 0.3) is 11.0 Å². The Morgan fingerprint density at radius 3 is 2.78 bits per heavy atom. The smallest absolute Gasteiger partial charge is 0.242 e. The number of amides is 1. The molecule has 1 N–H and O–H groups in total. The van der Waals surface area contributed by atoms with Crippen molar-refractivity contribution in [3.05, 3.63) is 30.6 Å². The number of rotatable bonds is 4. The van der Waals surface area contributed by atoms with Gasteiger partial charge in [0.2, 0.25) is 5.91 Å². The van der Waals surface area contributed by atoms with Crippen LogP contribution in [-0.4, -0.2) is 41.9 Å². The molecule has 1 unspecified atom stereocenters. The molecule has 6 nitrogen and oxygen atoms in total. The monoisotopic (exact) mass is 335 g/mol.